The van der Waals surface area contributed by atoms with Gasteiger partial charge in [0.25, 0.3) is 0 Å². The van der Waals surface area contributed by atoms with E-state index in [-0.39, 0.29) is 5.91 Å². The van der Waals surface area contributed by atoms with Gasteiger partial charge in [-0.2, -0.15) is 0 Å². The molecule has 4 N–H and O–H groups in total. The number of amides is 1. The Bertz CT molecular complexity index is 426. The maximum absolute atomic E-state index is 11.2. The van der Waals surface area contributed by atoms with E-state index in [4.69, 9.17) is 5.84 Å². The van der Waals surface area contributed by atoms with Crippen LogP contribution in [0.1, 0.15) is 24.0 Å². The Kier molecular flexibility index (Phi) is 5.52. The van der Waals surface area contributed by atoms with Gasteiger partial charge in [-0.25, -0.2) is 5.84 Å². The summed E-state index contributed by atoms with van der Waals surface area (Å²) in [5, 5.41) is 3.39. The molecule has 0 atom stereocenters. The molecule has 1 aromatic rings. The quantitative estimate of drug-likeness (QED) is 0.414. The maximum atomic E-state index is 11.2. The van der Waals surface area contributed by atoms with E-state index in [9.17, 15) is 4.79 Å². The molecule has 1 amide bonds. The molecule has 1 saturated heterocycles. The number of benzene rings is 1. The van der Waals surface area contributed by atoms with Crippen LogP contribution >= 0.6 is 0 Å². The molecule has 0 aliphatic carbocycles. The molecule has 2 rings (SSSR count). The molecule has 0 radical (unpaired) electrons. The highest BCUT2D eigenvalue weighted by Gasteiger charge is 2.17. The summed E-state index contributed by atoms with van der Waals surface area (Å²) in [5.74, 6) is 4.92. The predicted molar refractivity (Wildman–Crippen MR) is 79.8 cm³/mol. The molecule has 1 heterocycles. The Labute approximate surface area is 120 Å². The number of carbonyl (C=O) groups is 1. The van der Waals surface area contributed by atoms with Crippen LogP contribution in [0.3, 0.4) is 0 Å². The molecule has 0 bridgehead atoms. The fraction of sp³-hybridized carbons (Fsp3) is 0.533. The second-order valence-electron chi connectivity index (χ2n) is 5.46. The number of carbonyl (C=O) groups excluding carboxylic acids is 1. The highest BCUT2D eigenvalue weighted by Crippen LogP contribution is 2.14. The van der Waals surface area contributed by atoms with Crippen LogP contribution in [0.5, 0.6) is 0 Å². The topological polar surface area (TPSA) is 70.4 Å². The first-order valence-corrected chi connectivity index (χ1v) is 7.17. The summed E-state index contributed by atoms with van der Waals surface area (Å²) in [6.45, 7) is 3.18. The van der Waals surface area contributed by atoms with Gasteiger partial charge in [-0.1, -0.05) is 24.3 Å². The summed E-state index contributed by atoms with van der Waals surface area (Å²) < 4.78 is 0. The van der Waals surface area contributed by atoms with Gasteiger partial charge < -0.3 is 5.32 Å². The smallest absolute Gasteiger partial charge is 0.238 e. The maximum Gasteiger partial charge on any atom is 0.238 e. The molecule has 1 aliphatic rings. The van der Waals surface area contributed by atoms with Gasteiger partial charge in [0.05, 0.1) is 6.42 Å². The van der Waals surface area contributed by atoms with Crippen LogP contribution in [0.4, 0.5) is 0 Å². The number of piperidine rings is 1. The van der Waals surface area contributed by atoms with E-state index in [1.807, 2.05) is 12.1 Å². The number of nitrogens with one attached hydrogen (secondary N) is 2. The summed E-state index contributed by atoms with van der Waals surface area (Å²) in [7, 11) is 2.19. The average molecular weight is 276 g/mol. The number of rotatable bonds is 5. The molecule has 0 spiro atoms. The lowest BCUT2D eigenvalue weighted by molar-refractivity contribution is -0.120. The number of nitrogens with two attached hydrogens (primary N) is 1. The summed E-state index contributed by atoms with van der Waals surface area (Å²) in [6, 6.07) is 8.86. The Balaban J connectivity index is 1.87. The Morgan fingerprint density at radius 1 is 1.30 bits per heavy atom. The van der Waals surface area contributed by atoms with Crippen LogP contribution in [0.25, 0.3) is 0 Å². The van der Waals surface area contributed by atoms with Crippen molar-refractivity contribution in [1.29, 1.82) is 0 Å². The molecule has 0 unspecified atom stereocenters. The van der Waals surface area contributed by atoms with E-state index in [0.29, 0.717) is 12.5 Å². The van der Waals surface area contributed by atoms with E-state index < -0.39 is 0 Å². The third-order valence-electron chi connectivity index (χ3n) is 3.91. The van der Waals surface area contributed by atoms with Crippen molar-refractivity contribution in [2.24, 2.45) is 5.84 Å². The zero-order valence-electron chi connectivity index (χ0n) is 12.1. The molecule has 5 heteroatoms. The average Bonchev–Trinajstić information content (AvgIpc) is 2.50. The van der Waals surface area contributed by atoms with Gasteiger partial charge >= 0.3 is 0 Å². The van der Waals surface area contributed by atoms with Gasteiger partial charge in [-0.15, -0.1) is 0 Å². The summed E-state index contributed by atoms with van der Waals surface area (Å²) in [4.78, 5) is 13.6. The SMILES string of the molecule is CN(Cc1ccc(CC(=O)NN)cc1)C1CCNCC1. The minimum atomic E-state index is -0.162. The molecule has 5 nitrogen and oxygen atoms in total. The fourth-order valence-electron chi connectivity index (χ4n) is 2.66. The van der Waals surface area contributed by atoms with E-state index in [1.165, 1.54) is 18.4 Å². The van der Waals surface area contributed by atoms with Crippen molar-refractivity contribution in [1.82, 2.24) is 15.6 Å². The number of hydrogen-bond donors (Lipinski definition) is 3. The fourth-order valence-corrected chi connectivity index (χ4v) is 2.66. The van der Waals surface area contributed by atoms with Gasteiger partial charge in [-0.3, -0.25) is 15.1 Å². The third kappa shape index (κ3) is 4.30. The lowest BCUT2D eigenvalue weighted by Crippen LogP contribution is -2.40. The predicted octanol–water partition coefficient (Wildman–Crippen LogP) is 0.403. The van der Waals surface area contributed by atoms with E-state index in [2.05, 4.69) is 34.8 Å². The van der Waals surface area contributed by atoms with Gasteiger partial charge in [0.1, 0.15) is 0 Å². The van der Waals surface area contributed by atoms with Crippen molar-refractivity contribution in [3.8, 4) is 0 Å². The molecule has 110 valence electrons. The van der Waals surface area contributed by atoms with Gasteiger partial charge in [0.2, 0.25) is 5.91 Å². The zero-order chi connectivity index (χ0) is 14.4. The normalized spacial score (nSPS) is 16.4. The lowest BCUT2D eigenvalue weighted by atomic mass is 10.0. The molecule has 1 aliphatic heterocycles. The lowest BCUT2D eigenvalue weighted by Gasteiger charge is -2.31. The summed E-state index contributed by atoms with van der Waals surface area (Å²) in [5.41, 5.74) is 4.42. The first-order chi connectivity index (χ1) is 9.69. The molecule has 0 saturated carbocycles. The van der Waals surface area contributed by atoms with E-state index in [0.717, 1.165) is 25.2 Å². The molecule has 0 aromatic heterocycles. The number of nitrogens with zero attached hydrogens (tertiary/aromatic N) is 1. The van der Waals surface area contributed by atoms with Gasteiger partial charge in [0, 0.05) is 12.6 Å². The van der Waals surface area contributed by atoms with Gasteiger partial charge in [-0.05, 0) is 44.1 Å². The van der Waals surface area contributed by atoms with Crippen molar-refractivity contribution < 1.29 is 4.79 Å². The van der Waals surface area contributed by atoms with Crippen molar-refractivity contribution in [2.45, 2.75) is 31.8 Å². The molecular weight excluding hydrogens is 252 g/mol. The second-order valence-corrected chi connectivity index (χ2v) is 5.46. The van der Waals surface area contributed by atoms with Crippen molar-refractivity contribution in [2.75, 3.05) is 20.1 Å². The highest BCUT2D eigenvalue weighted by molar-refractivity contribution is 5.77. The number of hydrogen-bond acceptors (Lipinski definition) is 4. The monoisotopic (exact) mass is 276 g/mol. The minimum Gasteiger partial charge on any atom is -0.317 e. The van der Waals surface area contributed by atoms with Crippen LogP contribution < -0.4 is 16.6 Å². The van der Waals surface area contributed by atoms with Crippen LogP contribution in [-0.2, 0) is 17.8 Å². The molecule has 1 fully saturated rings. The molecule has 1 aromatic carbocycles. The van der Waals surface area contributed by atoms with Crippen LogP contribution in [0.15, 0.2) is 24.3 Å². The van der Waals surface area contributed by atoms with Crippen molar-refractivity contribution in [3.05, 3.63) is 35.4 Å². The van der Waals surface area contributed by atoms with Crippen LogP contribution in [0.2, 0.25) is 0 Å². The van der Waals surface area contributed by atoms with Crippen LogP contribution in [0, 0.1) is 0 Å². The van der Waals surface area contributed by atoms with Crippen molar-refractivity contribution in [3.63, 3.8) is 0 Å². The second kappa shape index (κ2) is 7.38. The summed E-state index contributed by atoms with van der Waals surface area (Å²) in [6.07, 6.45) is 2.76. The summed E-state index contributed by atoms with van der Waals surface area (Å²) >= 11 is 0. The Morgan fingerprint density at radius 2 is 1.90 bits per heavy atom. The minimum absolute atomic E-state index is 0.162. The highest BCUT2D eigenvalue weighted by atomic mass is 16.2. The standard InChI is InChI=1S/C15H24N4O/c1-19(14-6-8-17-9-7-14)11-13-4-2-12(3-5-13)10-15(20)18-16/h2-5,14,17H,6-11,16H2,1H3,(H,18,20). The van der Waals surface area contributed by atoms with E-state index >= 15 is 0 Å². The van der Waals surface area contributed by atoms with Crippen molar-refractivity contribution >= 4 is 5.91 Å². The zero-order valence-corrected chi connectivity index (χ0v) is 12.1. The third-order valence-corrected chi connectivity index (χ3v) is 3.91. The first kappa shape index (κ1) is 15.0. The Hall–Kier alpha value is -1.43. The van der Waals surface area contributed by atoms with Crippen LogP contribution in [-0.4, -0.2) is 37.0 Å². The first-order valence-electron chi connectivity index (χ1n) is 7.17. The number of hydrazine groups is 1. The van der Waals surface area contributed by atoms with Gasteiger partial charge in [0.15, 0.2) is 0 Å². The Morgan fingerprint density at radius 3 is 2.50 bits per heavy atom. The largest absolute Gasteiger partial charge is 0.317 e. The molecular formula is C15H24N4O. The molecule has 20 heavy (non-hydrogen) atoms. The van der Waals surface area contributed by atoms with E-state index in [1.54, 1.807) is 0 Å².